The van der Waals surface area contributed by atoms with Gasteiger partial charge < -0.3 is 15.4 Å². The molecule has 2 heterocycles. The van der Waals surface area contributed by atoms with Crippen molar-refractivity contribution in [3.05, 3.63) is 35.8 Å². The second kappa shape index (κ2) is 6.69. The van der Waals surface area contributed by atoms with E-state index in [-0.39, 0.29) is 12.1 Å². The zero-order valence-electron chi connectivity index (χ0n) is 11.5. The summed E-state index contributed by atoms with van der Waals surface area (Å²) >= 11 is 1.60. The number of nitrogens with zero attached hydrogens (tertiary/aromatic N) is 1. The molecule has 0 saturated carbocycles. The van der Waals surface area contributed by atoms with Gasteiger partial charge >= 0.3 is 6.03 Å². The molecule has 1 aliphatic heterocycles. The lowest BCUT2D eigenvalue weighted by Gasteiger charge is -2.23. The van der Waals surface area contributed by atoms with E-state index in [4.69, 9.17) is 4.74 Å². The molecule has 6 heteroatoms. The average Bonchev–Trinajstić information content (AvgIpc) is 3.03. The summed E-state index contributed by atoms with van der Waals surface area (Å²) < 4.78 is 5.27. The van der Waals surface area contributed by atoms with Crippen LogP contribution < -0.4 is 10.6 Å². The van der Waals surface area contributed by atoms with Crippen molar-refractivity contribution in [1.82, 2.24) is 10.3 Å². The highest BCUT2D eigenvalue weighted by molar-refractivity contribution is 7.13. The number of carbonyl (C=O) groups excluding carboxylic acids is 1. The van der Waals surface area contributed by atoms with Crippen molar-refractivity contribution in [3.8, 4) is 10.6 Å². The highest BCUT2D eigenvalue weighted by atomic mass is 32.1. The molecule has 5 nitrogen and oxygen atoms in total. The summed E-state index contributed by atoms with van der Waals surface area (Å²) in [5.41, 5.74) is 1.83. The Labute approximate surface area is 127 Å². The van der Waals surface area contributed by atoms with Gasteiger partial charge in [0.2, 0.25) is 0 Å². The van der Waals surface area contributed by atoms with Gasteiger partial charge in [0.15, 0.2) is 0 Å². The minimum absolute atomic E-state index is 0.163. The van der Waals surface area contributed by atoms with E-state index in [1.807, 2.05) is 29.6 Å². The summed E-state index contributed by atoms with van der Waals surface area (Å²) in [5, 5.41) is 8.75. The predicted octanol–water partition coefficient (Wildman–Crippen LogP) is 3.11. The molecule has 1 aromatic heterocycles. The zero-order chi connectivity index (χ0) is 14.5. The molecule has 2 amide bonds. The largest absolute Gasteiger partial charge is 0.381 e. The molecule has 1 aromatic carbocycles. The number of amides is 2. The molecular weight excluding hydrogens is 286 g/mol. The van der Waals surface area contributed by atoms with Gasteiger partial charge in [-0.2, -0.15) is 0 Å². The van der Waals surface area contributed by atoms with Crippen LogP contribution in [0.5, 0.6) is 0 Å². The molecule has 0 spiro atoms. The Kier molecular flexibility index (Phi) is 4.47. The van der Waals surface area contributed by atoms with Crippen molar-refractivity contribution in [2.24, 2.45) is 0 Å². The summed E-state index contributed by atoms with van der Waals surface area (Å²) in [6, 6.07) is 7.74. The van der Waals surface area contributed by atoms with Gasteiger partial charge in [-0.3, -0.25) is 0 Å². The van der Waals surface area contributed by atoms with E-state index in [0.717, 1.165) is 29.1 Å². The molecule has 1 saturated heterocycles. The molecule has 1 aliphatic rings. The number of hydrogen-bond donors (Lipinski definition) is 2. The van der Waals surface area contributed by atoms with Gasteiger partial charge in [0, 0.05) is 42.1 Å². The molecule has 2 aromatic rings. The molecule has 21 heavy (non-hydrogen) atoms. The predicted molar refractivity (Wildman–Crippen MR) is 83.5 cm³/mol. The topological polar surface area (TPSA) is 63.2 Å². The van der Waals surface area contributed by atoms with Crippen molar-refractivity contribution in [2.45, 2.75) is 18.9 Å². The third kappa shape index (κ3) is 3.80. The zero-order valence-corrected chi connectivity index (χ0v) is 12.4. The van der Waals surface area contributed by atoms with Crippen molar-refractivity contribution in [3.63, 3.8) is 0 Å². The molecule has 2 N–H and O–H groups in total. The van der Waals surface area contributed by atoms with E-state index in [1.54, 1.807) is 17.5 Å². The maximum Gasteiger partial charge on any atom is 0.319 e. The molecule has 0 bridgehead atoms. The minimum atomic E-state index is -0.163. The number of rotatable bonds is 3. The van der Waals surface area contributed by atoms with Gasteiger partial charge in [-0.1, -0.05) is 0 Å². The minimum Gasteiger partial charge on any atom is -0.381 e. The van der Waals surface area contributed by atoms with Gasteiger partial charge in [0.1, 0.15) is 5.01 Å². The molecule has 0 aliphatic carbocycles. The van der Waals surface area contributed by atoms with E-state index in [1.165, 1.54) is 0 Å². The fraction of sp³-hybridized carbons (Fsp3) is 0.333. The van der Waals surface area contributed by atoms with Gasteiger partial charge in [-0.25, -0.2) is 9.78 Å². The molecular formula is C15H17N3O2S. The first-order chi connectivity index (χ1) is 10.3. The fourth-order valence-corrected chi connectivity index (χ4v) is 2.90. The molecule has 3 rings (SSSR count). The van der Waals surface area contributed by atoms with E-state index in [2.05, 4.69) is 15.6 Å². The lowest BCUT2D eigenvalue weighted by atomic mass is 10.1. The lowest BCUT2D eigenvalue weighted by molar-refractivity contribution is 0.0806. The summed E-state index contributed by atoms with van der Waals surface area (Å²) in [6.45, 7) is 1.43. The van der Waals surface area contributed by atoms with Crippen LogP contribution in [-0.4, -0.2) is 30.3 Å². The molecule has 0 atom stereocenters. The second-order valence-electron chi connectivity index (χ2n) is 4.90. The van der Waals surface area contributed by atoms with Gasteiger partial charge in [0.25, 0.3) is 0 Å². The van der Waals surface area contributed by atoms with Crippen LogP contribution >= 0.6 is 11.3 Å². The third-order valence-electron chi connectivity index (χ3n) is 3.38. The van der Waals surface area contributed by atoms with E-state index in [0.29, 0.717) is 13.2 Å². The fourth-order valence-electron chi connectivity index (χ4n) is 2.26. The SMILES string of the molecule is O=C(Nc1ccc(-c2nccs2)cc1)NC1CCOCC1. The van der Waals surface area contributed by atoms with E-state index in [9.17, 15) is 4.79 Å². The van der Waals surface area contributed by atoms with Crippen LogP contribution in [0, 0.1) is 0 Å². The highest BCUT2D eigenvalue weighted by Gasteiger charge is 2.15. The number of ether oxygens (including phenoxy) is 1. The summed E-state index contributed by atoms with van der Waals surface area (Å²) in [6.07, 6.45) is 3.53. The molecule has 0 radical (unpaired) electrons. The summed E-state index contributed by atoms with van der Waals surface area (Å²) in [5.74, 6) is 0. The Hall–Kier alpha value is -1.92. The monoisotopic (exact) mass is 303 g/mol. The summed E-state index contributed by atoms with van der Waals surface area (Å²) in [7, 11) is 0. The number of nitrogens with one attached hydrogen (secondary N) is 2. The van der Waals surface area contributed by atoms with Crippen LogP contribution in [0.2, 0.25) is 0 Å². The Morgan fingerprint density at radius 1 is 1.24 bits per heavy atom. The molecule has 110 valence electrons. The first-order valence-electron chi connectivity index (χ1n) is 6.96. The normalized spacial score (nSPS) is 15.6. The third-order valence-corrected chi connectivity index (χ3v) is 4.20. The van der Waals surface area contributed by atoms with Crippen LogP contribution in [0.3, 0.4) is 0 Å². The Morgan fingerprint density at radius 2 is 2.00 bits per heavy atom. The van der Waals surface area contributed by atoms with Crippen LogP contribution in [0.25, 0.3) is 10.6 Å². The smallest absolute Gasteiger partial charge is 0.319 e. The maximum atomic E-state index is 11.9. The van der Waals surface area contributed by atoms with Gasteiger partial charge in [-0.05, 0) is 37.1 Å². The quantitative estimate of drug-likeness (QED) is 0.915. The van der Waals surface area contributed by atoms with Crippen LogP contribution in [0.15, 0.2) is 35.8 Å². The van der Waals surface area contributed by atoms with E-state index < -0.39 is 0 Å². The lowest BCUT2D eigenvalue weighted by Crippen LogP contribution is -2.41. The standard InChI is InChI=1S/C15H17N3O2S/c19-15(18-13-5-8-20-9-6-13)17-12-3-1-11(2-4-12)14-16-7-10-21-14/h1-4,7,10,13H,5-6,8-9H2,(H2,17,18,19). The number of carbonyl (C=O) groups is 1. The summed E-state index contributed by atoms with van der Waals surface area (Å²) in [4.78, 5) is 16.2. The number of thiazole rings is 1. The van der Waals surface area contributed by atoms with E-state index >= 15 is 0 Å². The van der Waals surface area contributed by atoms with Crippen molar-refractivity contribution >= 4 is 23.1 Å². The Balaban J connectivity index is 1.56. The van der Waals surface area contributed by atoms with Crippen molar-refractivity contribution < 1.29 is 9.53 Å². The first-order valence-corrected chi connectivity index (χ1v) is 7.84. The van der Waals surface area contributed by atoms with Crippen molar-refractivity contribution in [2.75, 3.05) is 18.5 Å². The molecule has 1 fully saturated rings. The molecule has 0 unspecified atom stereocenters. The number of benzene rings is 1. The van der Waals surface area contributed by atoms with Gasteiger partial charge in [-0.15, -0.1) is 11.3 Å². The maximum absolute atomic E-state index is 11.9. The first kappa shape index (κ1) is 14.0. The van der Waals surface area contributed by atoms with Crippen molar-refractivity contribution in [1.29, 1.82) is 0 Å². The van der Waals surface area contributed by atoms with Crippen LogP contribution in [0.1, 0.15) is 12.8 Å². The van der Waals surface area contributed by atoms with Crippen LogP contribution in [-0.2, 0) is 4.74 Å². The second-order valence-corrected chi connectivity index (χ2v) is 5.79. The highest BCUT2D eigenvalue weighted by Crippen LogP contribution is 2.23. The van der Waals surface area contributed by atoms with Gasteiger partial charge in [0.05, 0.1) is 0 Å². The Morgan fingerprint density at radius 3 is 2.67 bits per heavy atom. The van der Waals surface area contributed by atoms with Crippen LogP contribution in [0.4, 0.5) is 10.5 Å². The number of urea groups is 1. The number of aromatic nitrogens is 1. The number of anilines is 1. The Bertz CT molecular complexity index is 577. The average molecular weight is 303 g/mol. The number of hydrogen-bond acceptors (Lipinski definition) is 4.